The number of benzene rings is 1. The minimum atomic E-state index is 0.746. The Morgan fingerprint density at radius 2 is 1.50 bits per heavy atom. The Balaban J connectivity index is 1.60. The molecule has 0 spiro atoms. The maximum atomic E-state index is 5.83. The highest BCUT2D eigenvalue weighted by molar-refractivity contribution is 5.39. The van der Waals surface area contributed by atoms with E-state index >= 15 is 0 Å². The highest BCUT2D eigenvalue weighted by Crippen LogP contribution is 2.25. The molecule has 1 aliphatic heterocycles. The van der Waals surface area contributed by atoms with E-state index < -0.39 is 0 Å². The average molecular weight is 306 g/mol. The normalized spacial score (nSPS) is 16.6. The van der Waals surface area contributed by atoms with Crippen molar-refractivity contribution < 1.29 is 9.47 Å². The third kappa shape index (κ3) is 5.50. The summed E-state index contributed by atoms with van der Waals surface area (Å²) in [5, 5.41) is 0. The Bertz CT molecular complexity index is 417. The van der Waals surface area contributed by atoms with E-state index in [-0.39, 0.29) is 0 Å². The molecule has 1 aromatic rings. The van der Waals surface area contributed by atoms with Gasteiger partial charge in [0.15, 0.2) is 11.5 Å². The second-order valence-corrected chi connectivity index (χ2v) is 5.89. The van der Waals surface area contributed by atoms with Crippen LogP contribution in [-0.4, -0.2) is 62.8 Å². The molecule has 0 bridgehead atoms. The number of para-hydroxylation sites is 2. The Morgan fingerprint density at radius 1 is 0.909 bits per heavy atom. The van der Waals surface area contributed by atoms with Gasteiger partial charge in [-0.3, -0.25) is 0 Å². The van der Waals surface area contributed by atoms with Crippen molar-refractivity contribution in [3.63, 3.8) is 0 Å². The van der Waals surface area contributed by atoms with Gasteiger partial charge in [-0.25, -0.2) is 0 Å². The van der Waals surface area contributed by atoms with E-state index in [1.54, 1.807) is 7.11 Å². The number of hydrogen-bond acceptors (Lipinski definition) is 4. The average Bonchev–Trinajstić information content (AvgIpc) is 2.58. The third-order valence-corrected chi connectivity index (χ3v) is 4.24. The number of unbranched alkanes of at least 4 members (excludes halogenated alkanes) is 1. The highest BCUT2D eigenvalue weighted by Gasteiger charge is 2.15. The zero-order chi connectivity index (χ0) is 15.6. The molecule has 2 rings (SSSR count). The molecule has 1 heterocycles. The number of hydrogen-bond donors (Lipinski definition) is 0. The lowest BCUT2D eigenvalue weighted by Crippen LogP contribution is -2.46. The van der Waals surface area contributed by atoms with E-state index in [0.717, 1.165) is 31.1 Å². The molecule has 1 saturated heterocycles. The molecule has 0 aromatic heterocycles. The van der Waals surface area contributed by atoms with E-state index in [1.807, 2.05) is 24.3 Å². The van der Waals surface area contributed by atoms with Crippen molar-refractivity contribution in [2.75, 3.05) is 53.0 Å². The topological polar surface area (TPSA) is 24.9 Å². The van der Waals surface area contributed by atoms with Gasteiger partial charge in [-0.05, 0) is 31.5 Å². The fourth-order valence-electron chi connectivity index (χ4n) is 2.83. The lowest BCUT2D eigenvalue weighted by molar-refractivity contribution is 0.125. The van der Waals surface area contributed by atoms with Crippen LogP contribution in [0.15, 0.2) is 24.3 Å². The lowest BCUT2D eigenvalue weighted by Gasteiger charge is -2.34. The van der Waals surface area contributed by atoms with Crippen LogP contribution < -0.4 is 9.47 Å². The van der Waals surface area contributed by atoms with Gasteiger partial charge < -0.3 is 19.3 Å². The third-order valence-electron chi connectivity index (χ3n) is 4.24. The summed E-state index contributed by atoms with van der Waals surface area (Å²) in [6, 6.07) is 7.84. The quantitative estimate of drug-likeness (QED) is 0.655. The number of ether oxygens (including phenoxy) is 2. The Kier molecular flexibility index (Phi) is 7.54. The summed E-state index contributed by atoms with van der Waals surface area (Å²) in [7, 11) is 1.68. The van der Waals surface area contributed by atoms with Crippen molar-refractivity contribution in [3.05, 3.63) is 24.3 Å². The number of piperazine rings is 1. The molecule has 4 heteroatoms. The first-order valence-corrected chi connectivity index (χ1v) is 8.54. The van der Waals surface area contributed by atoms with Crippen LogP contribution in [0.5, 0.6) is 11.5 Å². The van der Waals surface area contributed by atoms with E-state index in [2.05, 4.69) is 16.7 Å². The minimum Gasteiger partial charge on any atom is -0.493 e. The van der Waals surface area contributed by atoms with Gasteiger partial charge in [-0.15, -0.1) is 0 Å². The van der Waals surface area contributed by atoms with Crippen molar-refractivity contribution in [2.45, 2.75) is 26.2 Å². The Morgan fingerprint density at radius 3 is 2.09 bits per heavy atom. The van der Waals surface area contributed by atoms with Crippen LogP contribution in [0, 0.1) is 0 Å². The van der Waals surface area contributed by atoms with Crippen molar-refractivity contribution in [1.82, 2.24) is 9.80 Å². The standard InChI is InChI=1S/C18H30N2O2/c1-3-4-10-19-12-14-20(15-13-19)11-7-16-22-18-9-6-5-8-17(18)21-2/h5-6,8-9H,3-4,7,10-16H2,1-2H3. The monoisotopic (exact) mass is 306 g/mol. The van der Waals surface area contributed by atoms with E-state index in [9.17, 15) is 0 Å². The number of nitrogens with zero attached hydrogens (tertiary/aromatic N) is 2. The van der Waals surface area contributed by atoms with Crippen LogP contribution in [0.3, 0.4) is 0 Å². The second kappa shape index (κ2) is 9.70. The summed E-state index contributed by atoms with van der Waals surface area (Å²) in [4.78, 5) is 5.14. The molecular weight excluding hydrogens is 276 g/mol. The zero-order valence-corrected chi connectivity index (χ0v) is 14.1. The molecule has 0 atom stereocenters. The van der Waals surface area contributed by atoms with Gasteiger partial charge in [0.05, 0.1) is 13.7 Å². The van der Waals surface area contributed by atoms with Gasteiger partial charge in [-0.1, -0.05) is 25.5 Å². The predicted molar refractivity (Wildman–Crippen MR) is 90.9 cm³/mol. The summed E-state index contributed by atoms with van der Waals surface area (Å²) in [6.45, 7) is 10.2. The first-order chi connectivity index (χ1) is 10.8. The molecule has 1 aromatic carbocycles. The smallest absolute Gasteiger partial charge is 0.161 e. The molecular formula is C18H30N2O2. The van der Waals surface area contributed by atoms with Crippen LogP contribution >= 0.6 is 0 Å². The molecule has 0 amide bonds. The first-order valence-electron chi connectivity index (χ1n) is 8.54. The van der Waals surface area contributed by atoms with Gasteiger partial charge in [-0.2, -0.15) is 0 Å². The van der Waals surface area contributed by atoms with Crippen LogP contribution in [0.2, 0.25) is 0 Å². The summed E-state index contributed by atoms with van der Waals surface area (Å²) in [5.74, 6) is 1.65. The SMILES string of the molecule is CCCCN1CCN(CCCOc2ccccc2OC)CC1. The minimum absolute atomic E-state index is 0.746. The molecule has 0 unspecified atom stereocenters. The fraction of sp³-hybridized carbons (Fsp3) is 0.667. The summed E-state index contributed by atoms with van der Waals surface area (Å²) in [5.41, 5.74) is 0. The van der Waals surface area contributed by atoms with Gasteiger partial charge in [0, 0.05) is 32.7 Å². The molecule has 22 heavy (non-hydrogen) atoms. The largest absolute Gasteiger partial charge is 0.493 e. The van der Waals surface area contributed by atoms with E-state index in [1.165, 1.54) is 45.6 Å². The van der Waals surface area contributed by atoms with Gasteiger partial charge >= 0.3 is 0 Å². The maximum absolute atomic E-state index is 5.83. The molecule has 1 fully saturated rings. The van der Waals surface area contributed by atoms with Crippen molar-refractivity contribution in [1.29, 1.82) is 0 Å². The summed E-state index contributed by atoms with van der Waals surface area (Å²) >= 11 is 0. The molecule has 0 saturated carbocycles. The zero-order valence-electron chi connectivity index (χ0n) is 14.1. The van der Waals surface area contributed by atoms with E-state index in [4.69, 9.17) is 9.47 Å². The van der Waals surface area contributed by atoms with Gasteiger partial charge in [0.25, 0.3) is 0 Å². The predicted octanol–water partition coefficient (Wildman–Crippen LogP) is 2.88. The molecule has 0 radical (unpaired) electrons. The fourth-order valence-corrected chi connectivity index (χ4v) is 2.83. The maximum Gasteiger partial charge on any atom is 0.161 e. The van der Waals surface area contributed by atoms with Crippen LogP contribution in [-0.2, 0) is 0 Å². The van der Waals surface area contributed by atoms with Gasteiger partial charge in [0.2, 0.25) is 0 Å². The van der Waals surface area contributed by atoms with Crippen molar-refractivity contribution in [3.8, 4) is 11.5 Å². The number of rotatable bonds is 9. The Hall–Kier alpha value is -1.26. The molecule has 0 N–H and O–H groups in total. The molecule has 1 aliphatic rings. The van der Waals surface area contributed by atoms with Crippen LogP contribution in [0.4, 0.5) is 0 Å². The van der Waals surface area contributed by atoms with Crippen LogP contribution in [0.25, 0.3) is 0 Å². The highest BCUT2D eigenvalue weighted by atomic mass is 16.5. The van der Waals surface area contributed by atoms with E-state index in [0.29, 0.717) is 0 Å². The second-order valence-electron chi connectivity index (χ2n) is 5.89. The Labute approximate surface area is 135 Å². The lowest BCUT2D eigenvalue weighted by atomic mass is 10.2. The summed E-state index contributed by atoms with van der Waals surface area (Å²) < 4.78 is 11.1. The van der Waals surface area contributed by atoms with Crippen molar-refractivity contribution in [2.24, 2.45) is 0 Å². The molecule has 0 aliphatic carbocycles. The van der Waals surface area contributed by atoms with Gasteiger partial charge in [0.1, 0.15) is 0 Å². The summed E-state index contributed by atoms with van der Waals surface area (Å²) in [6.07, 6.45) is 3.68. The van der Waals surface area contributed by atoms with Crippen molar-refractivity contribution >= 4 is 0 Å². The number of methoxy groups -OCH3 is 1. The molecule has 4 nitrogen and oxygen atoms in total. The first kappa shape index (κ1) is 17.1. The van der Waals surface area contributed by atoms with Crippen LogP contribution in [0.1, 0.15) is 26.2 Å². The molecule has 124 valence electrons.